The molecule has 12 heteroatoms. The number of aliphatic hydroxyl groups excluding tert-OH is 2. The highest BCUT2D eigenvalue weighted by Gasteiger charge is 2.32. The van der Waals surface area contributed by atoms with Gasteiger partial charge in [0.2, 0.25) is 10.0 Å². The Kier molecular flexibility index (Phi) is 8.73. The Hall–Kier alpha value is -2.54. The van der Waals surface area contributed by atoms with E-state index in [1.165, 1.54) is 13.0 Å². The molecule has 0 aromatic heterocycles. The maximum atomic E-state index is 14.2. The summed E-state index contributed by atoms with van der Waals surface area (Å²) in [5, 5.41) is 21.4. The van der Waals surface area contributed by atoms with Crippen molar-refractivity contribution < 1.29 is 41.0 Å². The van der Waals surface area contributed by atoms with Gasteiger partial charge in [0.05, 0.1) is 11.5 Å². The number of anilines is 1. The largest absolute Gasteiger partial charge is 0.396 e. The van der Waals surface area contributed by atoms with Crippen molar-refractivity contribution in [3.8, 4) is 0 Å². The Morgan fingerprint density at radius 3 is 2.41 bits per heavy atom. The van der Waals surface area contributed by atoms with Gasteiger partial charge in [-0.1, -0.05) is 6.08 Å². The molecule has 176 valence electrons. The molecule has 2 atom stereocenters. The smallest absolute Gasteiger partial charge is 0.255 e. The molecule has 1 aromatic rings. The van der Waals surface area contributed by atoms with E-state index in [0.29, 0.717) is 23.6 Å². The lowest BCUT2D eigenvalue weighted by Crippen LogP contribution is -2.46. The second kappa shape index (κ2) is 10.9. The van der Waals surface area contributed by atoms with E-state index in [4.69, 9.17) is 5.11 Å². The van der Waals surface area contributed by atoms with Crippen LogP contribution in [0.25, 0.3) is 0 Å². The fourth-order valence-electron chi connectivity index (χ4n) is 2.95. The number of aliphatic hydroxyl groups is 2. The number of carbonyl (C=O) groups excluding carboxylic acids is 1. The van der Waals surface area contributed by atoms with Crippen LogP contribution in [0, 0.1) is 23.4 Å². The number of carbonyl (C=O) groups is 1. The molecular formula is C20H22F4N2O5S. The Bertz CT molecular complexity index is 1030. The van der Waals surface area contributed by atoms with E-state index < -0.39 is 51.2 Å². The van der Waals surface area contributed by atoms with Crippen molar-refractivity contribution in [2.24, 2.45) is 5.92 Å². The summed E-state index contributed by atoms with van der Waals surface area (Å²) in [4.78, 5) is 12.2. The number of β-amino-alcohol motifs (C(OH)–C–C–N with tert-alkyl or cyclic N) is 1. The quantitative estimate of drug-likeness (QED) is 0.242. The van der Waals surface area contributed by atoms with Crippen LogP contribution in [0.1, 0.15) is 13.3 Å². The average Bonchev–Trinajstić information content (AvgIpc) is 2.71. The first-order valence-electron chi connectivity index (χ1n) is 9.45. The van der Waals surface area contributed by atoms with E-state index in [2.05, 4.69) is 5.32 Å². The Labute approximate surface area is 182 Å². The number of nitrogens with zero attached hydrogens (tertiary/aromatic N) is 1. The van der Waals surface area contributed by atoms with Gasteiger partial charge in [-0.3, -0.25) is 4.79 Å². The van der Waals surface area contributed by atoms with Crippen LogP contribution >= 0.6 is 0 Å². The lowest BCUT2D eigenvalue weighted by molar-refractivity contribution is -0.112. The van der Waals surface area contributed by atoms with E-state index >= 15 is 0 Å². The summed E-state index contributed by atoms with van der Waals surface area (Å²) in [5.74, 6) is -7.30. The van der Waals surface area contributed by atoms with E-state index in [1.807, 2.05) is 0 Å². The lowest BCUT2D eigenvalue weighted by atomic mass is 9.96. The molecule has 1 aliphatic rings. The van der Waals surface area contributed by atoms with Gasteiger partial charge >= 0.3 is 0 Å². The highest BCUT2D eigenvalue weighted by atomic mass is 32.2. The summed E-state index contributed by atoms with van der Waals surface area (Å²) in [7, 11) is -4.22. The number of rotatable bonds is 7. The minimum Gasteiger partial charge on any atom is -0.396 e. The van der Waals surface area contributed by atoms with Crippen LogP contribution in [0.5, 0.6) is 0 Å². The number of hydrogen-bond acceptors (Lipinski definition) is 5. The van der Waals surface area contributed by atoms with Crippen LogP contribution in [-0.4, -0.2) is 54.6 Å². The van der Waals surface area contributed by atoms with Gasteiger partial charge in [-0.05, 0) is 25.5 Å². The molecule has 1 heterocycles. The highest BCUT2D eigenvalue weighted by molar-refractivity contribution is 7.92. The molecule has 0 radical (unpaired) electrons. The lowest BCUT2D eigenvalue weighted by Gasteiger charge is -2.33. The molecule has 32 heavy (non-hydrogen) atoms. The third-order valence-electron chi connectivity index (χ3n) is 4.78. The number of benzene rings is 1. The maximum Gasteiger partial charge on any atom is 0.255 e. The van der Waals surface area contributed by atoms with Crippen molar-refractivity contribution in [3.05, 3.63) is 64.6 Å². The summed E-state index contributed by atoms with van der Waals surface area (Å²) < 4.78 is 79.2. The van der Waals surface area contributed by atoms with Crippen LogP contribution in [0.15, 0.2) is 47.2 Å². The molecule has 1 amide bonds. The van der Waals surface area contributed by atoms with E-state index in [9.17, 15) is 35.9 Å². The first kappa shape index (κ1) is 25.7. The number of nitrogens with one attached hydrogen (secondary N) is 1. The molecule has 1 fully saturated rings. The highest BCUT2D eigenvalue weighted by Crippen LogP contribution is 2.22. The number of amides is 1. The number of halogens is 4. The average molecular weight is 478 g/mol. The van der Waals surface area contributed by atoms with Gasteiger partial charge in [0.15, 0.2) is 17.5 Å². The Balaban J connectivity index is 2.09. The molecule has 1 aromatic carbocycles. The van der Waals surface area contributed by atoms with E-state index in [1.54, 1.807) is 0 Å². The standard InChI is InChI=1S/C20H22F4N2O5S/c1-2-12(20(29)25-15-7-16(22)19(24)17(23)8-15)3-4-14(21)11-32(30,31)26-6-5-13(10-27)18(28)9-26/h2-4,7-8,11,13,18,27-28H,5-6,9-10H2,1H3,(H,25,29)/b4-3-,12-2+,14-11-. The van der Waals surface area contributed by atoms with Crippen LogP contribution in [0.2, 0.25) is 0 Å². The van der Waals surface area contributed by atoms with Crippen LogP contribution < -0.4 is 5.32 Å². The second-order valence-corrected chi connectivity index (χ2v) is 8.77. The Morgan fingerprint density at radius 2 is 1.88 bits per heavy atom. The predicted molar refractivity (Wildman–Crippen MR) is 109 cm³/mol. The van der Waals surface area contributed by atoms with Crippen molar-refractivity contribution in [2.45, 2.75) is 19.4 Å². The molecule has 0 bridgehead atoms. The number of hydrogen-bond donors (Lipinski definition) is 3. The molecule has 0 spiro atoms. The maximum absolute atomic E-state index is 14.2. The fraction of sp³-hybridized carbons (Fsp3) is 0.350. The molecular weight excluding hydrogens is 456 g/mol. The second-order valence-electron chi connectivity index (χ2n) is 6.99. The van der Waals surface area contributed by atoms with Crippen molar-refractivity contribution in [2.75, 3.05) is 25.0 Å². The summed E-state index contributed by atoms with van der Waals surface area (Å²) in [6.07, 6.45) is 2.00. The zero-order chi connectivity index (χ0) is 24.1. The number of piperidine rings is 1. The SMILES string of the molecule is C\C=C(/C=C\C(F)=C\S(=O)(=O)N1CCC(CO)C(O)C1)C(=O)Nc1cc(F)c(F)c(F)c1. The summed E-state index contributed by atoms with van der Waals surface area (Å²) >= 11 is 0. The normalized spacial score (nSPS) is 21.2. The molecule has 0 aliphatic carbocycles. The van der Waals surface area contributed by atoms with Crippen molar-refractivity contribution in [3.63, 3.8) is 0 Å². The minimum atomic E-state index is -4.22. The Morgan fingerprint density at radius 1 is 1.25 bits per heavy atom. The molecule has 1 saturated heterocycles. The minimum absolute atomic E-state index is 0.00851. The van der Waals surface area contributed by atoms with Crippen LogP contribution in [-0.2, 0) is 14.8 Å². The monoisotopic (exact) mass is 478 g/mol. The topological polar surface area (TPSA) is 107 Å². The van der Waals surface area contributed by atoms with Crippen molar-refractivity contribution >= 4 is 21.6 Å². The van der Waals surface area contributed by atoms with Crippen LogP contribution in [0.4, 0.5) is 23.2 Å². The first-order chi connectivity index (χ1) is 15.0. The third kappa shape index (κ3) is 6.48. The van der Waals surface area contributed by atoms with Gasteiger partial charge in [-0.25, -0.2) is 26.0 Å². The van der Waals surface area contributed by atoms with Gasteiger partial charge < -0.3 is 15.5 Å². The number of sulfonamides is 1. The molecule has 7 nitrogen and oxygen atoms in total. The first-order valence-corrected chi connectivity index (χ1v) is 10.9. The third-order valence-corrected chi connectivity index (χ3v) is 6.35. The molecule has 3 N–H and O–H groups in total. The van der Waals surface area contributed by atoms with Crippen LogP contribution in [0.3, 0.4) is 0 Å². The van der Waals surface area contributed by atoms with E-state index in [0.717, 1.165) is 10.4 Å². The molecule has 2 unspecified atom stereocenters. The van der Waals surface area contributed by atoms with Gasteiger partial charge in [-0.2, -0.15) is 4.31 Å². The summed E-state index contributed by atoms with van der Waals surface area (Å²) in [6.45, 7) is 0.809. The molecule has 2 rings (SSSR count). The van der Waals surface area contributed by atoms with Gasteiger partial charge in [0, 0.05) is 49.0 Å². The predicted octanol–water partition coefficient (Wildman–Crippen LogP) is 2.36. The number of allylic oxidation sites excluding steroid dienone is 3. The fourth-order valence-corrected chi connectivity index (χ4v) is 4.19. The molecule has 0 saturated carbocycles. The summed E-state index contributed by atoms with van der Waals surface area (Å²) in [6, 6.07) is 1.13. The van der Waals surface area contributed by atoms with E-state index in [-0.39, 0.29) is 37.4 Å². The molecule has 1 aliphatic heterocycles. The summed E-state index contributed by atoms with van der Waals surface area (Å²) in [5.41, 5.74) is -0.544. The van der Waals surface area contributed by atoms with Gasteiger partial charge in [-0.15, -0.1) is 0 Å². The van der Waals surface area contributed by atoms with Gasteiger partial charge in [0.1, 0.15) is 5.83 Å². The zero-order valence-corrected chi connectivity index (χ0v) is 17.8. The zero-order valence-electron chi connectivity index (χ0n) is 16.9. The van der Waals surface area contributed by atoms with Gasteiger partial charge in [0.25, 0.3) is 5.91 Å². The van der Waals surface area contributed by atoms with Crippen molar-refractivity contribution in [1.82, 2.24) is 4.31 Å². The van der Waals surface area contributed by atoms with Crippen molar-refractivity contribution in [1.29, 1.82) is 0 Å².